The summed E-state index contributed by atoms with van der Waals surface area (Å²) in [6.07, 6.45) is 9.05. The molecule has 1 saturated heterocycles. The molecule has 2 unspecified atom stereocenters. The first-order valence-electron chi connectivity index (χ1n) is 14.1. The number of carbonyl (C=O) groups excluding carboxylic acids is 1. The van der Waals surface area contributed by atoms with Crippen LogP contribution in [0.4, 0.5) is 0 Å². The second-order valence-electron chi connectivity index (χ2n) is 13.0. The van der Waals surface area contributed by atoms with Gasteiger partial charge in [0, 0.05) is 25.6 Å². The average molecular weight is 547 g/mol. The monoisotopic (exact) mass is 546 g/mol. The van der Waals surface area contributed by atoms with Gasteiger partial charge in [0.1, 0.15) is 0 Å². The van der Waals surface area contributed by atoms with Gasteiger partial charge < -0.3 is 18.6 Å². The first-order chi connectivity index (χ1) is 17.3. The Morgan fingerprint density at radius 2 is 1.84 bits per heavy atom. The molecule has 1 aliphatic carbocycles. The van der Waals surface area contributed by atoms with Gasteiger partial charge in [-0.1, -0.05) is 69.4 Å². The minimum absolute atomic E-state index is 0.0400. The molecule has 37 heavy (non-hydrogen) atoms. The van der Waals surface area contributed by atoms with Gasteiger partial charge >= 0.3 is 5.97 Å². The van der Waals surface area contributed by atoms with Gasteiger partial charge in [-0.3, -0.25) is 4.79 Å². The Balaban J connectivity index is 1.83. The molecule has 1 heterocycles. The van der Waals surface area contributed by atoms with Crippen LogP contribution < -0.4 is 5.19 Å². The lowest BCUT2D eigenvalue weighted by atomic mass is 9.90. The number of hydrogen-bond donors (Lipinski definition) is 0. The summed E-state index contributed by atoms with van der Waals surface area (Å²) in [6, 6.07) is 10.7. The van der Waals surface area contributed by atoms with Gasteiger partial charge in [-0.15, -0.1) is 0 Å². The summed E-state index contributed by atoms with van der Waals surface area (Å²) < 4.78 is 24.5. The molecule has 1 aliphatic heterocycles. The Morgan fingerprint density at radius 1 is 1.14 bits per heavy atom. The maximum atomic E-state index is 12.6. The molecule has 0 N–H and O–H groups in total. The van der Waals surface area contributed by atoms with E-state index in [2.05, 4.69) is 83.7 Å². The van der Waals surface area contributed by atoms with Crippen molar-refractivity contribution in [3.63, 3.8) is 0 Å². The minimum atomic E-state index is -1.98. The molecule has 2 radical (unpaired) electrons. The lowest BCUT2D eigenvalue weighted by Gasteiger charge is -2.40. The van der Waals surface area contributed by atoms with Crippen LogP contribution in [0, 0.1) is 18.3 Å². The van der Waals surface area contributed by atoms with Crippen LogP contribution in [0.3, 0.4) is 0 Å². The van der Waals surface area contributed by atoms with Crippen molar-refractivity contribution >= 4 is 27.5 Å². The highest BCUT2D eigenvalue weighted by Crippen LogP contribution is 2.45. The van der Waals surface area contributed by atoms with Gasteiger partial charge in [0.25, 0.3) is 0 Å². The standard InChI is InChI=1S/C30H50O5Si2/c1-30(2,3)37(7,8)34-22-26-23(17-18-27(26)35-29-16-12-13-19-33-29)20-25(21-28(31)32-4)36(5,6)24-14-10-9-11-15-24/h9-11,14-15,23,25-27,29H,12-13,16,18-22H2,1-8H3/t23-,25?,26-,27-,29?/m0/s1. The number of carbonyl (C=O) groups is 1. The molecule has 208 valence electrons. The van der Waals surface area contributed by atoms with Crippen LogP contribution in [-0.4, -0.2) is 55.1 Å². The first-order valence-corrected chi connectivity index (χ1v) is 20.1. The van der Waals surface area contributed by atoms with Crippen LogP contribution >= 0.6 is 0 Å². The Kier molecular flexibility index (Phi) is 10.7. The van der Waals surface area contributed by atoms with Crippen molar-refractivity contribution in [3.8, 4) is 0 Å². The highest BCUT2D eigenvalue weighted by Gasteiger charge is 2.46. The van der Waals surface area contributed by atoms with Gasteiger partial charge in [0.2, 0.25) is 0 Å². The summed E-state index contributed by atoms with van der Waals surface area (Å²) in [5.41, 5.74) is 0.236. The highest BCUT2D eigenvalue weighted by molar-refractivity contribution is 6.91. The Morgan fingerprint density at radius 3 is 2.43 bits per heavy atom. The van der Waals surface area contributed by atoms with Gasteiger partial charge in [-0.2, -0.15) is 0 Å². The van der Waals surface area contributed by atoms with E-state index in [-0.39, 0.29) is 40.8 Å². The molecule has 1 aromatic carbocycles. The summed E-state index contributed by atoms with van der Waals surface area (Å²) in [7, 11) is -2.41. The molecule has 3 rings (SSSR count). The first kappa shape index (κ1) is 30.5. The lowest BCUT2D eigenvalue weighted by molar-refractivity contribution is -0.197. The van der Waals surface area contributed by atoms with E-state index < -0.39 is 16.4 Å². The van der Waals surface area contributed by atoms with Crippen LogP contribution in [0.5, 0.6) is 0 Å². The zero-order chi connectivity index (χ0) is 27.3. The fraction of sp³-hybridized carbons (Fsp3) is 0.733. The van der Waals surface area contributed by atoms with E-state index in [1.165, 1.54) is 12.3 Å². The topological polar surface area (TPSA) is 54.0 Å². The third-order valence-corrected chi connectivity index (χ3v) is 18.0. The van der Waals surface area contributed by atoms with Crippen molar-refractivity contribution in [2.24, 2.45) is 11.8 Å². The fourth-order valence-electron chi connectivity index (χ4n) is 5.32. The van der Waals surface area contributed by atoms with E-state index in [0.717, 1.165) is 38.7 Å². The summed E-state index contributed by atoms with van der Waals surface area (Å²) in [5.74, 6) is 0.292. The van der Waals surface area contributed by atoms with Crippen LogP contribution in [0.25, 0.3) is 0 Å². The fourth-order valence-corrected chi connectivity index (χ4v) is 9.41. The molecule has 0 spiro atoms. The maximum Gasteiger partial charge on any atom is 0.305 e. The SMILES string of the molecule is COC(=O)CC(C[C@@H]1[C]C[C@H](OC2CCCCO2)[C@H]1CO[Si](C)(C)C(C)(C)C)[Si](C)(C)c1ccccc1. The zero-order valence-corrected chi connectivity index (χ0v) is 26.5. The van der Waals surface area contributed by atoms with Gasteiger partial charge in [0.05, 0.1) is 21.3 Å². The molecule has 2 fully saturated rings. The van der Waals surface area contributed by atoms with Crippen molar-refractivity contribution in [2.75, 3.05) is 20.3 Å². The van der Waals surface area contributed by atoms with Crippen molar-refractivity contribution < 1.29 is 23.4 Å². The Bertz CT molecular complexity index is 845. The zero-order valence-electron chi connectivity index (χ0n) is 24.5. The normalized spacial score (nSPS) is 26.2. The maximum absolute atomic E-state index is 12.6. The molecule has 0 amide bonds. The highest BCUT2D eigenvalue weighted by atomic mass is 28.4. The Hall–Kier alpha value is -0.996. The third kappa shape index (κ3) is 8.01. The van der Waals surface area contributed by atoms with Gasteiger partial charge in [-0.05, 0) is 68.1 Å². The minimum Gasteiger partial charge on any atom is -0.469 e. The Labute approximate surface area is 228 Å². The average Bonchev–Trinajstić information content (AvgIpc) is 3.23. The lowest BCUT2D eigenvalue weighted by Crippen LogP contribution is -2.48. The van der Waals surface area contributed by atoms with Crippen molar-refractivity contribution in [1.29, 1.82) is 0 Å². The van der Waals surface area contributed by atoms with E-state index in [1.54, 1.807) is 0 Å². The molecule has 0 aromatic heterocycles. The summed E-state index contributed by atoms with van der Waals surface area (Å²) >= 11 is 0. The quantitative estimate of drug-likeness (QED) is 0.232. The number of hydrogen-bond acceptors (Lipinski definition) is 5. The predicted octanol–water partition coefficient (Wildman–Crippen LogP) is 6.58. The number of ether oxygens (including phenoxy) is 3. The largest absolute Gasteiger partial charge is 0.469 e. The second kappa shape index (κ2) is 12.9. The van der Waals surface area contributed by atoms with E-state index in [0.29, 0.717) is 13.0 Å². The molecular formula is C30H50O5Si2. The third-order valence-electron chi connectivity index (χ3n) is 9.20. The van der Waals surface area contributed by atoms with E-state index >= 15 is 0 Å². The molecule has 0 bridgehead atoms. The second-order valence-corrected chi connectivity index (χ2v) is 22.7. The number of methoxy groups -OCH3 is 1. The van der Waals surface area contributed by atoms with Crippen molar-refractivity contribution in [1.82, 2.24) is 0 Å². The molecule has 1 aromatic rings. The van der Waals surface area contributed by atoms with E-state index in [1.807, 2.05) is 0 Å². The molecule has 1 saturated carbocycles. The molecule has 2 aliphatic rings. The van der Waals surface area contributed by atoms with Crippen LogP contribution in [0.2, 0.25) is 36.8 Å². The van der Waals surface area contributed by atoms with E-state index in [9.17, 15) is 4.79 Å². The number of esters is 1. The summed E-state index contributed by atoms with van der Waals surface area (Å²) in [6.45, 7) is 17.7. The summed E-state index contributed by atoms with van der Waals surface area (Å²) in [5, 5.41) is 1.52. The summed E-state index contributed by atoms with van der Waals surface area (Å²) in [4.78, 5) is 12.6. The van der Waals surface area contributed by atoms with Crippen LogP contribution in [0.15, 0.2) is 30.3 Å². The van der Waals surface area contributed by atoms with Crippen molar-refractivity contribution in [3.05, 3.63) is 36.8 Å². The van der Waals surface area contributed by atoms with Gasteiger partial charge in [-0.25, -0.2) is 0 Å². The molecule has 7 heteroatoms. The molecule has 5 atom stereocenters. The molecule has 5 nitrogen and oxygen atoms in total. The van der Waals surface area contributed by atoms with Crippen LogP contribution in [-0.2, 0) is 23.4 Å². The van der Waals surface area contributed by atoms with Gasteiger partial charge in [0.15, 0.2) is 14.6 Å². The number of rotatable bonds is 11. The van der Waals surface area contributed by atoms with E-state index in [4.69, 9.17) is 18.6 Å². The predicted molar refractivity (Wildman–Crippen MR) is 155 cm³/mol. The number of benzene rings is 1. The van der Waals surface area contributed by atoms with Crippen LogP contribution in [0.1, 0.15) is 59.3 Å². The van der Waals surface area contributed by atoms with Crippen molar-refractivity contribution in [2.45, 2.75) is 108 Å². The smallest absolute Gasteiger partial charge is 0.305 e. The molecular weight excluding hydrogens is 496 g/mol.